The summed E-state index contributed by atoms with van der Waals surface area (Å²) in [4.78, 5) is 18.9. The molecular formula is C12H10N2O2S2. The van der Waals surface area contributed by atoms with E-state index in [1.165, 1.54) is 21.6 Å². The predicted octanol–water partition coefficient (Wildman–Crippen LogP) is 2.90. The van der Waals surface area contributed by atoms with Crippen LogP contribution in [0.1, 0.15) is 5.56 Å². The minimum absolute atomic E-state index is 0.00529. The Morgan fingerprint density at radius 3 is 2.44 bits per heavy atom. The summed E-state index contributed by atoms with van der Waals surface area (Å²) in [6.07, 6.45) is 3.34. The second-order valence-corrected chi connectivity index (χ2v) is 5.58. The minimum Gasteiger partial charge on any atom is -0.481 e. The van der Waals surface area contributed by atoms with E-state index in [4.69, 9.17) is 5.11 Å². The van der Waals surface area contributed by atoms with Gasteiger partial charge >= 0.3 is 5.97 Å². The lowest BCUT2D eigenvalue weighted by Gasteiger charge is -2.01. The number of aliphatic carboxylic acids is 1. The van der Waals surface area contributed by atoms with Crippen molar-refractivity contribution in [3.8, 4) is 0 Å². The van der Waals surface area contributed by atoms with Gasteiger partial charge in [0.1, 0.15) is 10.1 Å². The summed E-state index contributed by atoms with van der Waals surface area (Å²) in [6, 6.07) is 9.32. The normalized spacial score (nSPS) is 10.2. The lowest BCUT2D eigenvalue weighted by Crippen LogP contribution is -2.00. The lowest BCUT2D eigenvalue weighted by molar-refractivity contribution is -0.136. The smallest absolute Gasteiger partial charge is 0.307 e. The van der Waals surface area contributed by atoms with Crippen molar-refractivity contribution in [3.05, 3.63) is 48.3 Å². The van der Waals surface area contributed by atoms with E-state index in [0.717, 1.165) is 10.1 Å². The molecular weight excluding hydrogens is 268 g/mol. The van der Waals surface area contributed by atoms with E-state index in [0.29, 0.717) is 5.56 Å². The van der Waals surface area contributed by atoms with Crippen LogP contribution in [0.15, 0.2) is 52.8 Å². The molecule has 92 valence electrons. The molecule has 6 heteroatoms. The van der Waals surface area contributed by atoms with Gasteiger partial charge in [-0.1, -0.05) is 12.1 Å². The van der Waals surface area contributed by atoms with E-state index in [2.05, 4.69) is 9.97 Å². The Kier molecular flexibility index (Phi) is 4.60. The average Bonchev–Trinajstić information content (AvgIpc) is 2.38. The van der Waals surface area contributed by atoms with E-state index in [1.807, 2.05) is 24.3 Å². The molecule has 2 heterocycles. The third kappa shape index (κ3) is 4.05. The Morgan fingerprint density at radius 1 is 1.11 bits per heavy atom. The van der Waals surface area contributed by atoms with Crippen molar-refractivity contribution in [2.75, 3.05) is 0 Å². The molecule has 0 unspecified atom stereocenters. The molecule has 1 N–H and O–H groups in total. The maximum atomic E-state index is 10.5. The Labute approximate surface area is 112 Å². The molecule has 0 atom stereocenters. The van der Waals surface area contributed by atoms with Crippen LogP contribution in [0.25, 0.3) is 0 Å². The molecule has 4 nitrogen and oxygen atoms in total. The Hall–Kier alpha value is -1.53. The van der Waals surface area contributed by atoms with Crippen molar-refractivity contribution >= 4 is 27.6 Å². The molecule has 0 aromatic carbocycles. The van der Waals surface area contributed by atoms with Gasteiger partial charge in [-0.05, 0) is 45.4 Å². The summed E-state index contributed by atoms with van der Waals surface area (Å²) in [6.45, 7) is 0. The Morgan fingerprint density at radius 2 is 1.89 bits per heavy atom. The van der Waals surface area contributed by atoms with E-state index in [9.17, 15) is 4.79 Å². The fraction of sp³-hybridized carbons (Fsp3) is 0.0833. The quantitative estimate of drug-likeness (QED) is 0.848. The highest BCUT2D eigenvalue weighted by atomic mass is 33.1. The number of hydrogen-bond acceptors (Lipinski definition) is 5. The molecule has 0 radical (unpaired) electrons. The van der Waals surface area contributed by atoms with Gasteiger partial charge < -0.3 is 5.11 Å². The first-order chi connectivity index (χ1) is 8.74. The van der Waals surface area contributed by atoms with Crippen molar-refractivity contribution in [3.63, 3.8) is 0 Å². The topological polar surface area (TPSA) is 63.1 Å². The van der Waals surface area contributed by atoms with E-state index < -0.39 is 5.97 Å². The average molecular weight is 278 g/mol. The molecule has 0 amide bonds. The van der Waals surface area contributed by atoms with Crippen LogP contribution in [0.5, 0.6) is 0 Å². The van der Waals surface area contributed by atoms with Crippen LogP contribution >= 0.6 is 21.6 Å². The number of pyridine rings is 2. The van der Waals surface area contributed by atoms with Gasteiger partial charge in [-0.3, -0.25) is 4.79 Å². The number of carboxylic acids is 1. The first-order valence-electron chi connectivity index (χ1n) is 5.16. The van der Waals surface area contributed by atoms with Crippen LogP contribution in [-0.4, -0.2) is 21.0 Å². The molecule has 2 aromatic rings. The predicted molar refractivity (Wildman–Crippen MR) is 71.5 cm³/mol. The third-order valence-corrected chi connectivity index (χ3v) is 4.19. The molecule has 0 fully saturated rings. The number of nitrogens with zero attached hydrogens (tertiary/aromatic N) is 2. The van der Waals surface area contributed by atoms with Gasteiger partial charge in [-0.15, -0.1) is 0 Å². The SMILES string of the molecule is O=C(O)Cc1ccc(SSc2ccccn2)nc1. The van der Waals surface area contributed by atoms with Crippen LogP contribution in [0, 0.1) is 0 Å². The molecule has 0 saturated carbocycles. The summed E-state index contributed by atoms with van der Waals surface area (Å²) in [5.74, 6) is -0.847. The molecule has 2 aromatic heterocycles. The summed E-state index contributed by atoms with van der Waals surface area (Å²) in [5.41, 5.74) is 0.703. The van der Waals surface area contributed by atoms with Crippen LogP contribution in [0.3, 0.4) is 0 Å². The van der Waals surface area contributed by atoms with Gasteiger partial charge in [0.15, 0.2) is 0 Å². The van der Waals surface area contributed by atoms with E-state index in [-0.39, 0.29) is 6.42 Å². The maximum absolute atomic E-state index is 10.5. The van der Waals surface area contributed by atoms with Gasteiger partial charge in [0.25, 0.3) is 0 Å². The summed E-state index contributed by atoms with van der Waals surface area (Å²) in [5, 5.41) is 10.4. The highest BCUT2D eigenvalue weighted by Gasteiger charge is 2.03. The highest BCUT2D eigenvalue weighted by molar-refractivity contribution is 8.76. The van der Waals surface area contributed by atoms with Gasteiger partial charge in [0.05, 0.1) is 6.42 Å². The number of aromatic nitrogens is 2. The van der Waals surface area contributed by atoms with Crippen molar-refractivity contribution in [2.24, 2.45) is 0 Å². The second-order valence-electron chi connectivity index (χ2n) is 3.41. The number of carboxylic acid groups (broad SMARTS) is 1. The zero-order valence-corrected chi connectivity index (χ0v) is 10.9. The van der Waals surface area contributed by atoms with Gasteiger partial charge in [-0.2, -0.15) is 0 Å². The first-order valence-corrected chi connectivity index (χ1v) is 7.31. The number of carbonyl (C=O) groups is 1. The van der Waals surface area contributed by atoms with Gasteiger partial charge in [0.2, 0.25) is 0 Å². The van der Waals surface area contributed by atoms with Crippen molar-refractivity contribution in [2.45, 2.75) is 16.5 Å². The maximum Gasteiger partial charge on any atom is 0.307 e. The van der Waals surface area contributed by atoms with Gasteiger partial charge in [0, 0.05) is 12.4 Å². The van der Waals surface area contributed by atoms with E-state index >= 15 is 0 Å². The molecule has 0 saturated heterocycles. The van der Waals surface area contributed by atoms with Crippen molar-refractivity contribution < 1.29 is 9.90 Å². The molecule has 0 spiro atoms. The number of rotatable bonds is 5. The summed E-state index contributed by atoms with van der Waals surface area (Å²) in [7, 11) is 3.02. The van der Waals surface area contributed by atoms with Crippen LogP contribution in [0.2, 0.25) is 0 Å². The van der Waals surface area contributed by atoms with Crippen molar-refractivity contribution in [1.29, 1.82) is 0 Å². The van der Waals surface area contributed by atoms with Crippen molar-refractivity contribution in [1.82, 2.24) is 9.97 Å². The molecule has 18 heavy (non-hydrogen) atoms. The summed E-state index contributed by atoms with van der Waals surface area (Å²) >= 11 is 0. The fourth-order valence-corrected chi connectivity index (χ4v) is 2.95. The monoisotopic (exact) mass is 278 g/mol. The fourth-order valence-electron chi connectivity index (χ4n) is 1.22. The van der Waals surface area contributed by atoms with Crippen LogP contribution < -0.4 is 0 Å². The first kappa shape index (κ1) is 12.9. The zero-order chi connectivity index (χ0) is 12.8. The highest BCUT2D eigenvalue weighted by Crippen LogP contribution is 2.34. The minimum atomic E-state index is -0.847. The molecule has 0 aliphatic rings. The Bertz CT molecular complexity index is 517. The molecule has 0 aliphatic carbocycles. The summed E-state index contributed by atoms with van der Waals surface area (Å²) < 4.78 is 0. The largest absolute Gasteiger partial charge is 0.481 e. The lowest BCUT2D eigenvalue weighted by atomic mass is 10.2. The van der Waals surface area contributed by atoms with Gasteiger partial charge in [-0.25, -0.2) is 9.97 Å². The molecule has 0 aliphatic heterocycles. The van der Waals surface area contributed by atoms with Crippen LogP contribution in [0.4, 0.5) is 0 Å². The molecule has 2 rings (SSSR count). The van der Waals surface area contributed by atoms with E-state index in [1.54, 1.807) is 18.5 Å². The number of hydrogen-bond donors (Lipinski definition) is 1. The standard InChI is InChI=1S/C12H10N2O2S2/c15-12(16)7-9-4-5-11(14-8-9)18-17-10-3-1-2-6-13-10/h1-6,8H,7H2,(H,15,16). The second kappa shape index (κ2) is 6.42. The zero-order valence-electron chi connectivity index (χ0n) is 9.31. The third-order valence-electron chi connectivity index (χ3n) is 2.00. The Balaban J connectivity index is 1.92. The van der Waals surface area contributed by atoms with Crippen LogP contribution in [-0.2, 0) is 11.2 Å². The molecule has 0 bridgehead atoms.